The molecule has 2 rings (SSSR count). The Bertz CT molecular complexity index is 543. The van der Waals surface area contributed by atoms with Crippen LogP contribution in [0.1, 0.15) is 16.8 Å². The van der Waals surface area contributed by atoms with Crippen molar-refractivity contribution in [1.82, 2.24) is 5.32 Å². The van der Waals surface area contributed by atoms with Gasteiger partial charge in [-0.25, -0.2) is 4.39 Å². The van der Waals surface area contributed by atoms with Crippen LogP contribution in [0.3, 0.4) is 0 Å². The molecule has 1 amide bonds. The fourth-order valence-corrected chi connectivity index (χ4v) is 1.88. The highest BCUT2D eigenvalue weighted by molar-refractivity contribution is 5.95. The molecule has 1 aromatic carbocycles. The number of benzene rings is 1. The van der Waals surface area contributed by atoms with Gasteiger partial charge in [0.25, 0.3) is 11.6 Å². The summed E-state index contributed by atoms with van der Waals surface area (Å²) in [7, 11) is 0. The summed E-state index contributed by atoms with van der Waals surface area (Å²) in [5.41, 5.74) is -1.98. The van der Waals surface area contributed by atoms with Crippen LogP contribution in [0, 0.1) is 15.9 Å². The maximum atomic E-state index is 13.5. The average molecular weight is 284 g/mol. The topological polar surface area (TPSA) is 102 Å². The Labute approximate surface area is 113 Å². The molecule has 0 saturated carbocycles. The van der Waals surface area contributed by atoms with Gasteiger partial charge in [-0.05, 0) is 6.07 Å². The molecule has 1 unspecified atom stereocenters. The molecule has 1 aliphatic heterocycles. The van der Waals surface area contributed by atoms with Crippen LogP contribution in [-0.4, -0.2) is 41.3 Å². The fraction of sp³-hybridized carbons (Fsp3) is 0.417. The molecule has 0 aromatic heterocycles. The second kappa shape index (κ2) is 5.51. The minimum absolute atomic E-state index is 0.0880. The van der Waals surface area contributed by atoms with E-state index in [-0.39, 0.29) is 18.8 Å². The summed E-state index contributed by atoms with van der Waals surface area (Å²) in [6.07, 6.45) is 0.366. The Hall–Kier alpha value is -2.06. The van der Waals surface area contributed by atoms with E-state index in [1.807, 2.05) is 0 Å². The number of nitro groups is 1. The first-order valence-corrected chi connectivity index (χ1v) is 5.94. The molecular weight excluding hydrogens is 271 g/mol. The van der Waals surface area contributed by atoms with E-state index in [4.69, 9.17) is 4.74 Å². The summed E-state index contributed by atoms with van der Waals surface area (Å²) >= 11 is 0. The van der Waals surface area contributed by atoms with Crippen molar-refractivity contribution in [2.24, 2.45) is 0 Å². The van der Waals surface area contributed by atoms with Crippen LogP contribution in [0.4, 0.5) is 10.1 Å². The van der Waals surface area contributed by atoms with Crippen molar-refractivity contribution < 1.29 is 24.0 Å². The summed E-state index contributed by atoms with van der Waals surface area (Å²) in [6.45, 7) is 0.371. The van der Waals surface area contributed by atoms with Crippen LogP contribution in [0.2, 0.25) is 0 Å². The van der Waals surface area contributed by atoms with Crippen molar-refractivity contribution in [2.75, 3.05) is 19.8 Å². The fourth-order valence-electron chi connectivity index (χ4n) is 1.88. The van der Waals surface area contributed by atoms with Gasteiger partial charge < -0.3 is 15.2 Å². The molecule has 1 aliphatic rings. The molecule has 1 saturated heterocycles. The minimum atomic E-state index is -1.17. The number of amides is 1. The van der Waals surface area contributed by atoms with E-state index in [0.29, 0.717) is 13.0 Å². The quantitative estimate of drug-likeness (QED) is 0.623. The first-order valence-electron chi connectivity index (χ1n) is 5.94. The Morgan fingerprint density at radius 2 is 2.35 bits per heavy atom. The predicted octanol–water partition coefficient (Wildman–Crippen LogP) is 0.615. The smallest absolute Gasteiger partial charge is 0.270 e. The van der Waals surface area contributed by atoms with E-state index < -0.39 is 27.8 Å². The van der Waals surface area contributed by atoms with Crippen molar-refractivity contribution in [2.45, 2.75) is 12.0 Å². The standard InChI is InChI=1S/C12H13FN2O5/c13-10-2-1-8(15(18)19)5-9(10)11(16)14-6-12(17)3-4-20-7-12/h1-2,5,17H,3-4,6-7H2,(H,14,16). The molecule has 1 aromatic rings. The number of hydrogen-bond acceptors (Lipinski definition) is 5. The van der Waals surface area contributed by atoms with Gasteiger partial charge in [0.15, 0.2) is 0 Å². The third kappa shape index (κ3) is 3.09. The summed E-state index contributed by atoms with van der Waals surface area (Å²) < 4.78 is 18.5. The SMILES string of the molecule is O=C(NCC1(O)CCOC1)c1cc([N+](=O)[O-])ccc1F. The van der Waals surface area contributed by atoms with E-state index in [0.717, 1.165) is 18.2 Å². The number of nitrogens with zero attached hydrogens (tertiary/aromatic N) is 1. The van der Waals surface area contributed by atoms with Gasteiger partial charge >= 0.3 is 0 Å². The first kappa shape index (κ1) is 14.4. The molecule has 1 atom stereocenters. The van der Waals surface area contributed by atoms with E-state index in [2.05, 4.69) is 5.32 Å². The first-order chi connectivity index (χ1) is 9.41. The van der Waals surface area contributed by atoms with E-state index >= 15 is 0 Å². The lowest BCUT2D eigenvalue weighted by molar-refractivity contribution is -0.384. The van der Waals surface area contributed by atoms with Crippen LogP contribution >= 0.6 is 0 Å². The van der Waals surface area contributed by atoms with Crippen LogP contribution in [-0.2, 0) is 4.74 Å². The number of non-ortho nitro benzene ring substituents is 1. The molecule has 1 fully saturated rings. The predicted molar refractivity (Wildman–Crippen MR) is 65.8 cm³/mol. The van der Waals surface area contributed by atoms with Crippen LogP contribution < -0.4 is 5.32 Å². The van der Waals surface area contributed by atoms with Crippen molar-refractivity contribution >= 4 is 11.6 Å². The Morgan fingerprint density at radius 1 is 1.60 bits per heavy atom. The van der Waals surface area contributed by atoms with Crippen LogP contribution in [0.25, 0.3) is 0 Å². The number of ether oxygens (including phenoxy) is 1. The van der Waals surface area contributed by atoms with Crippen molar-refractivity contribution in [3.05, 3.63) is 39.7 Å². The Balaban J connectivity index is 2.08. The normalized spacial score (nSPS) is 21.7. The van der Waals surface area contributed by atoms with Gasteiger partial charge in [0.2, 0.25) is 0 Å². The molecule has 7 nitrogen and oxygen atoms in total. The molecule has 8 heteroatoms. The number of aliphatic hydroxyl groups is 1. The molecular formula is C12H13FN2O5. The molecule has 0 radical (unpaired) electrons. The lowest BCUT2D eigenvalue weighted by Crippen LogP contribution is -2.43. The van der Waals surface area contributed by atoms with Gasteiger partial charge in [0.05, 0.1) is 17.1 Å². The Morgan fingerprint density at radius 3 is 2.95 bits per heavy atom. The van der Waals surface area contributed by atoms with Crippen molar-refractivity contribution in [3.63, 3.8) is 0 Å². The molecule has 20 heavy (non-hydrogen) atoms. The Kier molecular flexibility index (Phi) is 3.96. The van der Waals surface area contributed by atoms with Gasteiger partial charge in [0, 0.05) is 31.7 Å². The van der Waals surface area contributed by atoms with Crippen molar-refractivity contribution in [3.8, 4) is 0 Å². The highest BCUT2D eigenvalue weighted by Gasteiger charge is 2.33. The largest absolute Gasteiger partial charge is 0.386 e. The number of carbonyl (C=O) groups is 1. The maximum absolute atomic E-state index is 13.5. The summed E-state index contributed by atoms with van der Waals surface area (Å²) in [5.74, 6) is -1.67. The van der Waals surface area contributed by atoms with Crippen LogP contribution in [0.5, 0.6) is 0 Å². The molecule has 0 bridgehead atoms. The summed E-state index contributed by atoms with van der Waals surface area (Å²) in [5, 5.41) is 22.9. The zero-order valence-electron chi connectivity index (χ0n) is 10.5. The van der Waals surface area contributed by atoms with Crippen LogP contribution in [0.15, 0.2) is 18.2 Å². The number of nitro benzene ring substituents is 1. The monoisotopic (exact) mass is 284 g/mol. The number of hydrogen-bond donors (Lipinski definition) is 2. The highest BCUT2D eigenvalue weighted by Crippen LogP contribution is 2.19. The third-order valence-electron chi connectivity index (χ3n) is 3.07. The second-order valence-electron chi connectivity index (χ2n) is 4.63. The number of halogens is 1. The average Bonchev–Trinajstić information content (AvgIpc) is 2.84. The van der Waals surface area contributed by atoms with E-state index in [9.17, 15) is 24.4 Å². The van der Waals surface area contributed by atoms with Gasteiger partial charge in [-0.2, -0.15) is 0 Å². The molecule has 0 aliphatic carbocycles. The highest BCUT2D eigenvalue weighted by atomic mass is 19.1. The van der Waals surface area contributed by atoms with Crippen molar-refractivity contribution in [1.29, 1.82) is 0 Å². The number of nitrogens with one attached hydrogen (secondary N) is 1. The number of carbonyl (C=O) groups excluding carboxylic acids is 1. The minimum Gasteiger partial charge on any atom is -0.386 e. The lowest BCUT2D eigenvalue weighted by atomic mass is 10.0. The van der Waals surface area contributed by atoms with E-state index in [1.165, 1.54) is 0 Å². The second-order valence-corrected chi connectivity index (χ2v) is 4.63. The zero-order valence-corrected chi connectivity index (χ0v) is 10.5. The van der Waals surface area contributed by atoms with E-state index in [1.54, 1.807) is 0 Å². The number of rotatable bonds is 4. The molecule has 0 spiro atoms. The maximum Gasteiger partial charge on any atom is 0.270 e. The van der Waals surface area contributed by atoms with Gasteiger partial charge in [-0.1, -0.05) is 0 Å². The molecule has 1 heterocycles. The van der Waals surface area contributed by atoms with Gasteiger partial charge in [0.1, 0.15) is 11.4 Å². The van der Waals surface area contributed by atoms with Gasteiger partial charge in [-0.15, -0.1) is 0 Å². The van der Waals surface area contributed by atoms with Gasteiger partial charge in [-0.3, -0.25) is 14.9 Å². The summed E-state index contributed by atoms with van der Waals surface area (Å²) in [4.78, 5) is 21.7. The molecule has 108 valence electrons. The lowest BCUT2D eigenvalue weighted by Gasteiger charge is -2.20. The zero-order chi connectivity index (χ0) is 14.8. The third-order valence-corrected chi connectivity index (χ3v) is 3.07. The summed E-state index contributed by atoms with van der Waals surface area (Å²) in [6, 6.07) is 2.70. The molecule has 2 N–H and O–H groups in total.